The van der Waals surface area contributed by atoms with Gasteiger partial charge in [-0.25, -0.2) is 4.99 Å². The van der Waals surface area contributed by atoms with Gasteiger partial charge in [0.05, 0.1) is 12.0 Å². The topological polar surface area (TPSA) is 72.6 Å². The average molecular weight is 403 g/mol. The molecule has 7 nitrogen and oxygen atoms in total. The average Bonchev–Trinajstić information content (AvgIpc) is 3.10. The molecule has 0 amide bonds. The molecule has 0 aliphatic rings. The Morgan fingerprint density at radius 2 is 1.72 bits per heavy atom. The molecule has 0 aliphatic carbocycles. The molecule has 29 heavy (non-hydrogen) atoms. The second-order valence-electron chi connectivity index (χ2n) is 6.14. The number of rotatable bonds is 6. The molecule has 0 spiro atoms. The number of aliphatic imine (C=N–C) groups is 1. The van der Waals surface area contributed by atoms with Crippen LogP contribution in [0.3, 0.4) is 0 Å². The first-order valence-corrected chi connectivity index (χ1v) is 8.34. The number of carbonyl (C=O) groups excluding carboxylic acids is 1. The highest BCUT2D eigenvalue weighted by Crippen LogP contribution is 2.26. The van der Waals surface area contributed by atoms with Crippen molar-refractivity contribution in [3.8, 4) is 22.8 Å². The van der Waals surface area contributed by atoms with Crippen molar-refractivity contribution in [3.05, 3.63) is 54.1 Å². The van der Waals surface area contributed by atoms with Crippen molar-refractivity contribution in [2.45, 2.75) is 6.36 Å². The zero-order valence-corrected chi connectivity index (χ0v) is 15.5. The van der Waals surface area contributed by atoms with Crippen LogP contribution in [0.4, 0.5) is 19.1 Å². The summed E-state index contributed by atoms with van der Waals surface area (Å²) in [6.07, 6.45) is -2.51. The van der Waals surface area contributed by atoms with Gasteiger partial charge < -0.3 is 9.64 Å². The molecule has 150 valence electrons. The van der Waals surface area contributed by atoms with Crippen LogP contribution in [0.15, 0.2) is 53.5 Å². The molecule has 0 fully saturated rings. The maximum atomic E-state index is 12.4. The lowest BCUT2D eigenvalue weighted by atomic mass is 10.1. The van der Waals surface area contributed by atoms with Gasteiger partial charge in [-0.3, -0.25) is 4.79 Å². The van der Waals surface area contributed by atoms with E-state index in [1.165, 1.54) is 35.3 Å². The number of ether oxygens (including phenoxy) is 1. The molecule has 0 N–H and O–H groups in total. The predicted octanol–water partition coefficient (Wildman–Crippen LogP) is 3.87. The van der Waals surface area contributed by atoms with Gasteiger partial charge in [-0.1, -0.05) is 24.3 Å². The Labute approximate surface area is 164 Å². The molecule has 0 aliphatic heterocycles. The largest absolute Gasteiger partial charge is 0.573 e. The summed E-state index contributed by atoms with van der Waals surface area (Å²) in [6, 6.07) is 11.9. The van der Waals surface area contributed by atoms with Gasteiger partial charge in [0.15, 0.2) is 5.82 Å². The Balaban J connectivity index is 1.99. The van der Waals surface area contributed by atoms with Gasteiger partial charge in [0.1, 0.15) is 12.0 Å². The summed E-state index contributed by atoms with van der Waals surface area (Å²) >= 11 is 0. The molecule has 0 radical (unpaired) electrons. The highest BCUT2D eigenvalue weighted by atomic mass is 19.4. The van der Waals surface area contributed by atoms with Crippen LogP contribution in [0.25, 0.3) is 17.1 Å². The fourth-order valence-electron chi connectivity index (χ4n) is 2.35. The minimum Gasteiger partial charge on any atom is -0.406 e. The van der Waals surface area contributed by atoms with Gasteiger partial charge in [-0.05, 0) is 24.3 Å². The molecule has 2 aromatic carbocycles. The maximum Gasteiger partial charge on any atom is 0.573 e. The molecule has 1 aromatic heterocycles. The summed E-state index contributed by atoms with van der Waals surface area (Å²) in [4.78, 5) is 21.2. The first-order valence-electron chi connectivity index (χ1n) is 8.34. The highest BCUT2D eigenvalue weighted by Gasteiger charge is 2.31. The summed E-state index contributed by atoms with van der Waals surface area (Å²) < 4.78 is 42.4. The fraction of sp³-hybridized carbons (Fsp3) is 0.158. The van der Waals surface area contributed by atoms with Gasteiger partial charge in [0.2, 0.25) is 0 Å². The van der Waals surface area contributed by atoms with Crippen molar-refractivity contribution in [1.82, 2.24) is 19.7 Å². The zero-order chi connectivity index (χ0) is 21.0. The number of aldehydes is 1. The molecule has 0 unspecified atom stereocenters. The third kappa shape index (κ3) is 5.18. The molecular formula is C19H16F3N5O2. The lowest BCUT2D eigenvalue weighted by Gasteiger charge is -2.09. The van der Waals surface area contributed by atoms with Crippen LogP contribution in [0, 0.1) is 0 Å². The quantitative estimate of drug-likeness (QED) is 0.355. The molecule has 0 atom stereocenters. The van der Waals surface area contributed by atoms with E-state index in [2.05, 4.69) is 19.8 Å². The van der Waals surface area contributed by atoms with Gasteiger partial charge in [-0.15, -0.1) is 18.3 Å². The number of nitrogens with zero attached hydrogens (tertiary/aromatic N) is 5. The van der Waals surface area contributed by atoms with Crippen LogP contribution in [0.2, 0.25) is 0 Å². The van der Waals surface area contributed by atoms with Crippen LogP contribution >= 0.6 is 0 Å². The van der Waals surface area contributed by atoms with Gasteiger partial charge in [0, 0.05) is 25.2 Å². The Morgan fingerprint density at radius 3 is 2.28 bits per heavy atom. The first kappa shape index (κ1) is 20.1. The van der Waals surface area contributed by atoms with Crippen LogP contribution in [-0.4, -0.2) is 52.7 Å². The van der Waals surface area contributed by atoms with E-state index in [-0.39, 0.29) is 11.7 Å². The second-order valence-corrected chi connectivity index (χ2v) is 6.14. The van der Waals surface area contributed by atoms with E-state index in [0.29, 0.717) is 22.6 Å². The van der Waals surface area contributed by atoms with Crippen molar-refractivity contribution in [2.24, 2.45) is 4.99 Å². The minimum absolute atomic E-state index is 0.234. The molecule has 1 heterocycles. The highest BCUT2D eigenvalue weighted by molar-refractivity contribution is 5.76. The number of hydrogen-bond donors (Lipinski definition) is 0. The van der Waals surface area contributed by atoms with Gasteiger partial charge in [-0.2, -0.15) is 9.67 Å². The first-order chi connectivity index (χ1) is 13.7. The number of carbonyl (C=O) groups is 1. The summed E-state index contributed by atoms with van der Waals surface area (Å²) in [7, 11) is 3.57. The standard InChI is InChI=1S/C19H16F3N5O2/c1-26(2)12-23-18-24-17(14-5-3-13(11-28)4-6-14)25-27(18)15-7-9-16(10-8-15)29-19(20,21)22/h3-12H,1-2H3. The lowest BCUT2D eigenvalue weighted by Crippen LogP contribution is -2.17. The summed E-state index contributed by atoms with van der Waals surface area (Å²) in [5.41, 5.74) is 1.63. The molecule has 0 bridgehead atoms. The lowest BCUT2D eigenvalue weighted by molar-refractivity contribution is -0.274. The van der Waals surface area contributed by atoms with E-state index in [9.17, 15) is 18.0 Å². The number of benzene rings is 2. The van der Waals surface area contributed by atoms with Crippen LogP contribution < -0.4 is 4.74 Å². The minimum atomic E-state index is -4.77. The van der Waals surface area contributed by atoms with Crippen molar-refractivity contribution in [3.63, 3.8) is 0 Å². The van der Waals surface area contributed by atoms with Gasteiger partial charge in [0.25, 0.3) is 5.95 Å². The van der Waals surface area contributed by atoms with E-state index in [1.54, 1.807) is 43.3 Å². The number of halogens is 3. The smallest absolute Gasteiger partial charge is 0.406 e. The van der Waals surface area contributed by atoms with E-state index < -0.39 is 6.36 Å². The van der Waals surface area contributed by atoms with E-state index in [0.717, 1.165) is 6.29 Å². The third-order valence-corrected chi connectivity index (χ3v) is 3.61. The zero-order valence-electron chi connectivity index (χ0n) is 15.5. The molecule has 0 saturated heterocycles. The monoisotopic (exact) mass is 403 g/mol. The van der Waals surface area contributed by atoms with E-state index in [4.69, 9.17) is 0 Å². The van der Waals surface area contributed by atoms with Crippen molar-refractivity contribution < 1.29 is 22.7 Å². The van der Waals surface area contributed by atoms with Crippen molar-refractivity contribution in [2.75, 3.05) is 14.1 Å². The van der Waals surface area contributed by atoms with Crippen LogP contribution in [0.1, 0.15) is 10.4 Å². The molecule has 0 saturated carbocycles. The molecular weight excluding hydrogens is 387 g/mol. The van der Waals surface area contributed by atoms with E-state index >= 15 is 0 Å². The maximum absolute atomic E-state index is 12.4. The Morgan fingerprint density at radius 1 is 1.07 bits per heavy atom. The molecule has 3 rings (SSSR count). The Kier molecular flexibility index (Phi) is 5.62. The fourth-order valence-corrected chi connectivity index (χ4v) is 2.35. The van der Waals surface area contributed by atoms with Crippen LogP contribution in [-0.2, 0) is 0 Å². The number of hydrogen-bond acceptors (Lipinski definition) is 5. The Bertz CT molecular complexity index is 1010. The van der Waals surface area contributed by atoms with Crippen molar-refractivity contribution >= 4 is 18.6 Å². The Hall–Kier alpha value is -3.69. The molecule has 10 heteroatoms. The SMILES string of the molecule is CN(C)C=Nc1nc(-c2ccc(C=O)cc2)nn1-c1ccc(OC(F)(F)F)cc1. The second kappa shape index (κ2) is 8.13. The molecule has 3 aromatic rings. The number of aromatic nitrogens is 3. The van der Waals surface area contributed by atoms with Crippen LogP contribution in [0.5, 0.6) is 5.75 Å². The summed E-state index contributed by atoms with van der Waals surface area (Å²) in [5, 5.41) is 4.41. The van der Waals surface area contributed by atoms with Gasteiger partial charge >= 0.3 is 6.36 Å². The number of alkyl halides is 3. The normalized spacial score (nSPS) is 11.6. The van der Waals surface area contributed by atoms with Crippen molar-refractivity contribution in [1.29, 1.82) is 0 Å². The van der Waals surface area contributed by atoms with E-state index in [1.807, 2.05) is 0 Å². The third-order valence-electron chi connectivity index (χ3n) is 3.61. The summed E-state index contributed by atoms with van der Waals surface area (Å²) in [6.45, 7) is 0. The predicted molar refractivity (Wildman–Crippen MR) is 101 cm³/mol. The summed E-state index contributed by atoms with van der Waals surface area (Å²) in [5.74, 6) is 0.242.